The predicted octanol–water partition coefficient (Wildman–Crippen LogP) is 1.35. The molecule has 20 heavy (non-hydrogen) atoms. The fourth-order valence-corrected chi connectivity index (χ4v) is 2.30. The average molecular weight is 271 g/mol. The van der Waals surface area contributed by atoms with Crippen LogP contribution in [0.5, 0.6) is 0 Å². The lowest BCUT2D eigenvalue weighted by Gasteiger charge is -2.16. The zero-order valence-corrected chi connectivity index (χ0v) is 11.3. The van der Waals surface area contributed by atoms with Crippen LogP contribution in [0.4, 0.5) is 0 Å². The maximum absolute atomic E-state index is 5.52. The van der Waals surface area contributed by atoms with Crippen molar-refractivity contribution in [2.24, 2.45) is 12.8 Å². The Morgan fingerprint density at radius 3 is 2.70 bits per heavy atom. The molecule has 0 aliphatic carbocycles. The van der Waals surface area contributed by atoms with Gasteiger partial charge >= 0.3 is 0 Å². The summed E-state index contributed by atoms with van der Waals surface area (Å²) in [6, 6.07) is 7.93. The van der Waals surface area contributed by atoms with Crippen LogP contribution in [0, 0.1) is 0 Å². The van der Waals surface area contributed by atoms with E-state index in [-0.39, 0.29) is 6.04 Å². The zero-order chi connectivity index (χ0) is 13.9. The van der Waals surface area contributed by atoms with Crippen LogP contribution < -0.4 is 5.73 Å². The van der Waals surface area contributed by atoms with E-state index < -0.39 is 0 Å². The molecule has 3 heterocycles. The molecule has 0 saturated heterocycles. The molecule has 0 fully saturated rings. The third kappa shape index (κ3) is 2.25. The maximum Gasteiger partial charge on any atom is 0.228 e. The van der Waals surface area contributed by atoms with Crippen molar-refractivity contribution in [2.45, 2.75) is 12.5 Å². The summed E-state index contributed by atoms with van der Waals surface area (Å²) in [5.74, 6) is 1.22. The zero-order valence-electron chi connectivity index (χ0n) is 11.3. The van der Waals surface area contributed by atoms with E-state index >= 15 is 0 Å². The van der Waals surface area contributed by atoms with Crippen molar-refractivity contribution in [1.29, 1.82) is 0 Å². The first-order valence-electron chi connectivity index (χ1n) is 6.56. The first kappa shape index (κ1) is 12.7. The molecule has 1 atom stereocenters. The second-order valence-electron chi connectivity index (χ2n) is 4.66. The van der Waals surface area contributed by atoms with E-state index in [0.717, 1.165) is 5.69 Å². The van der Waals surface area contributed by atoms with Gasteiger partial charge in [0.25, 0.3) is 0 Å². The Kier molecular flexibility index (Phi) is 3.39. The van der Waals surface area contributed by atoms with E-state index in [1.165, 1.54) is 0 Å². The Morgan fingerprint density at radius 2 is 2.05 bits per heavy atom. The van der Waals surface area contributed by atoms with Crippen LogP contribution in [0.25, 0.3) is 0 Å². The maximum atomic E-state index is 5.52. The topological polar surface area (TPSA) is 74.8 Å². The number of hydrogen-bond acceptors (Lipinski definition) is 4. The average Bonchev–Trinajstić information content (AvgIpc) is 3.15. The highest BCUT2D eigenvalue weighted by atomic mass is 16.5. The normalized spacial score (nSPS) is 12.7. The minimum absolute atomic E-state index is 0.0970. The number of nitrogens with zero attached hydrogens (tertiary/aromatic N) is 4. The van der Waals surface area contributed by atoms with E-state index in [0.29, 0.717) is 24.7 Å². The Hall–Kier alpha value is -2.34. The minimum atomic E-state index is -0.0970. The molecular weight excluding hydrogens is 254 g/mol. The lowest BCUT2D eigenvalue weighted by atomic mass is 10.2. The number of aromatic nitrogens is 4. The van der Waals surface area contributed by atoms with Gasteiger partial charge in [0.2, 0.25) is 11.7 Å². The molecule has 2 N–H and O–H groups in total. The monoisotopic (exact) mass is 271 g/mol. The van der Waals surface area contributed by atoms with Crippen molar-refractivity contribution < 1.29 is 4.52 Å². The molecule has 0 saturated carbocycles. The molecule has 0 amide bonds. The lowest BCUT2D eigenvalue weighted by molar-refractivity contribution is 0.370. The molecule has 104 valence electrons. The molecule has 0 aliphatic rings. The third-order valence-corrected chi connectivity index (χ3v) is 3.28. The van der Waals surface area contributed by atoms with Gasteiger partial charge in [-0.15, -0.1) is 0 Å². The van der Waals surface area contributed by atoms with Crippen LogP contribution in [0.15, 0.2) is 47.4 Å². The van der Waals surface area contributed by atoms with Crippen molar-refractivity contribution in [3.8, 4) is 0 Å². The summed E-state index contributed by atoms with van der Waals surface area (Å²) < 4.78 is 9.38. The van der Waals surface area contributed by atoms with Crippen molar-refractivity contribution in [3.63, 3.8) is 0 Å². The molecular formula is C14H17N5O. The third-order valence-electron chi connectivity index (χ3n) is 3.28. The van der Waals surface area contributed by atoms with Gasteiger partial charge in [0.1, 0.15) is 6.04 Å². The highest BCUT2D eigenvalue weighted by molar-refractivity contribution is 5.21. The molecule has 6 nitrogen and oxygen atoms in total. The smallest absolute Gasteiger partial charge is 0.228 e. The van der Waals surface area contributed by atoms with Crippen molar-refractivity contribution in [1.82, 2.24) is 19.3 Å². The molecule has 0 aromatic carbocycles. The predicted molar refractivity (Wildman–Crippen MR) is 74.1 cm³/mol. The van der Waals surface area contributed by atoms with E-state index in [1.54, 1.807) is 0 Å². The molecule has 0 aliphatic heterocycles. The van der Waals surface area contributed by atoms with Crippen molar-refractivity contribution in [3.05, 3.63) is 60.3 Å². The summed E-state index contributed by atoms with van der Waals surface area (Å²) in [5, 5.41) is 4.11. The van der Waals surface area contributed by atoms with Gasteiger partial charge < -0.3 is 19.4 Å². The summed E-state index contributed by atoms with van der Waals surface area (Å²) in [6.45, 7) is 0.500. The van der Waals surface area contributed by atoms with E-state index in [4.69, 9.17) is 10.3 Å². The number of aryl methyl sites for hydroxylation is 1. The van der Waals surface area contributed by atoms with Gasteiger partial charge in [-0.25, -0.2) is 0 Å². The van der Waals surface area contributed by atoms with Gasteiger partial charge in [0.15, 0.2) is 0 Å². The quantitative estimate of drug-likeness (QED) is 0.760. The van der Waals surface area contributed by atoms with Crippen LogP contribution >= 0.6 is 0 Å². The lowest BCUT2D eigenvalue weighted by Crippen LogP contribution is -2.15. The SMILES string of the molecule is Cn1cccc1[C@H](c1noc(CCN)n1)n1cccc1. The van der Waals surface area contributed by atoms with Gasteiger partial charge in [-0.2, -0.15) is 4.98 Å². The van der Waals surface area contributed by atoms with Crippen LogP contribution in [-0.2, 0) is 13.5 Å². The molecule has 3 aromatic rings. The van der Waals surface area contributed by atoms with Gasteiger partial charge in [-0.3, -0.25) is 0 Å². The van der Waals surface area contributed by atoms with Gasteiger partial charge in [-0.05, 0) is 24.3 Å². The minimum Gasteiger partial charge on any atom is -0.352 e. The fraction of sp³-hybridized carbons (Fsp3) is 0.286. The highest BCUT2D eigenvalue weighted by Crippen LogP contribution is 2.24. The second-order valence-corrected chi connectivity index (χ2v) is 4.66. The molecule has 0 spiro atoms. The van der Waals surface area contributed by atoms with Gasteiger partial charge in [-0.1, -0.05) is 5.16 Å². The Morgan fingerprint density at radius 1 is 1.25 bits per heavy atom. The first-order valence-corrected chi connectivity index (χ1v) is 6.56. The standard InChI is InChI=1S/C14H17N5O/c1-18-8-4-5-11(18)13(19-9-2-3-10-19)14-16-12(6-7-15)20-17-14/h2-5,8-10,13H,6-7,15H2,1H3/t13-/m1/s1. The van der Waals surface area contributed by atoms with Crippen molar-refractivity contribution >= 4 is 0 Å². The van der Waals surface area contributed by atoms with Crippen LogP contribution in [0.2, 0.25) is 0 Å². The summed E-state index contributed by atoms with van der Waals surface area (Å²) >= 11 is 0. The molecule has 3 rings (SSSR count). The largest absolute Gasteiger partial charge is 0.352 e. The van der Waals surface area contributed by atoms with Crippen LogP contribution in [-0.4, -0.2) is 25.8 Å². The van der Waals surface area contributed by atoms with Gasteiger partial charge in [0.05, 0.1) is 0 Å². The number of rotatable bonds is 5. The van der Waals surface area contributed by atoms with Crippen molar-refractivity contribution in [2.75, 3.05) is 6.54 Å². The fourth-order valence-electron chi connectivity index (χ4n) is 2.30. The summed E-state index contributed by atoms with van der Waals surface area (Å²) in [4.78, 5) is 4.46. The second kappa shape index (κ2) is 5.34. The van der Waals surface area contributed by atoms with E-state index in [2.05, 4.69) is 25.3 Å². The van der Waals surface area contributed by atoms with E-state index in [1.807, 2.05) is 43.8 Å². The Bertz CT molecular complexity index is 667. The Balaban J connectivity index is 2.03. The molecule has 0 unspecified atom stereocenters. The molecule has 3 aromatic heterocycles. The van der Waals surface area contributed by atoms with E-state index in [9.17, 15) is 0 Å². The van der Waals surface area contributed by atoms with Crippen LogP contribution in [0.3, 0.4) is 0 Å². The van der Waals surface area contributed by atoms with Crippen LogP contribution in [0.1, 0.15) is 23.5 Å². The highest BCUT2D eigenvalue weighted by Gasteiger charge is 2.23. The Labute approximate surface area is 116 Å². The first-order chi connectivity index (χ1) is 9.79. The summed E-state index contributed by atoms with van der Waals surface area (Å²) in [6.07, 6.45) is 6.60. The molecule has 0 radical (unpaired) electrons. The number of nitrogens with two attached hydrogens (primary N) is 1. The van der Waals surface area contributed by atoms with Gasteiger partial charge in [0, 0.05) is 44.3 Å². The summed E-state index contributed by atoms with van der Waals surface area (Å²) in [5.41, 5.74) is 6.62. The molecule has 6 heteroatoms. The summed E-state index contributed by atoms with van der Waals surface area (Å²) in [7, 11) is 2.01. The number of hydrogen-bond donors (Lipinski definition) is 1. The molecule has 0 bridgehead atoms.